The predicted molar refractivity (Wildman–Crippen MR) is 148 cm³/mol. The first-order valence-corrected chi connectivity index (χ1v) is 14.2. The van der Waals surface area contributed by atoms with Gasteiger partial charge in [0.1, 0.15) is 17.0 Å². The van der Waals surface area contributed by atoms with Crippen LogP contribution in [-0.4, -0.2) is 44.1 Å². The summed E-state index contributed by atoms with van der Waals surface area (Å²) in [6.07, 6.45) is 5.21. The molecule has 40 heavy (non-hydrogen) atoms. The quantitative estimate of drug-likeness (QED) is 0.229. The summed E-state index contributed by atoms with van der Waals surface area (Å²) in [7, 11) is 0. The molecule has 0 bridgehead atoms. The summed E-state index contributed by atoms with van der Waals surface area (Å²) in [6.45, 7) is 5.97. The number of fused-ring (bicyclic) bond motifs is 5. The Labute approximate surface area is 235 Å². The van der Waals surface area contributed by atoms with E-state index in [2.05, 4.69) is 21.5 Å². The molecule has 4 aliphatic rings. The Kier molecular flexibility index (Phi) is 6.47. The van der Waals surface area contributed by atoms with E-state index in [4.69, 9.17) is 4.74 Å². The number of benzene rings is 2. The second-order valence-corrected chi connectivity index (χ2v) is 12.0. The molecule has 3 aromatic rings. The summed E-state index contributed by atoms with van der Waals surface area (Å²) in [6, 6.07) is 12.2. The fourth-order valence-corrected chi connectivity index (χ4v) is 6.67. The number of aliphatic hydroxyl groups is 1. The third-order valence-corrected chi connectivity index (χ3v) is 8.94. The number of rotatable bonds is 5. The first-order valence-electron chi connectivity index (χ1n) is 13.4. The lowest BCUT2D eigenvalue weighted by atomic mass is 9.82. The van der Waals surface area contributed by atoms with Crippen molar-refractivity contribution in [2.45, 2.75) is 55.9 Å². The molecule has 2 atom stereocenters. The van der Waals surface area contributed by atoms with E-state index in [0.29, 0.717) is 5.56 Å². The number of aryl methyl sites for hydroxylation is 1. The molecule has 0 radical (unpaired) electrons. The Balaban J connectivity index is 0.000000666. The maximum absolute atomic E-state index is 13.9. The molecule has 1 aromatic heterocycles. The summed E-state index contributed by atoms with van der Waals surface area (Å²) in [5.74, 6) is -2.58. The Morgan fingerprint density at radius 2 is 1.90 bits per heavy atom. The van der Waals surface area contributed by atoms with Gasteiger partial charge in [-0.05, 0) is 55.3 Å². The van der Waals surface area contributed by atoms with Gasteiger partial charge in [0.25, 0.3) is 17.4 Å². The van der Waals surface area contributed by atoms with Gasteiger partial charge in [0.2, 0.25) is 11.3 Å². The fourth-order valence-electron chi connectivity index (χ4n) is 5.58. The van der Waals surface area contributed by atoms with E-state index in [0.717, 1.165) is 36.9 Å². The summed E-state index contributed by atoms with van der Waals surface area (Å²) >= 11 is 1.53. The van der Waals surface area contributed by atoms with Gasteiger partial charge in [0, 0.05) is 30.3 Å². The third kappa shape index (κ3) is 4.11. The normalized spacial score (nSPS) is 24.4. The molecule has 11 heteroatoms. The molecule has 1 saturated heterocycles. The van der Waals surface area contributed by atoms with Gasteiger partial charge < -0.3 is 20.1 Å². The molecular weight excluding hydrogens is 532 g/mol. The zero-order valence-electron chi connectivity index (χ0n) is 22.2. The monoisotopic (exact) mass is 562 g/mol. The number of para-hydroxylation sites is 1. The number of nitrogens with zero attached hydrogens (tertiary/aromatic N) is 2. The average molecular weight is 563 g/mol. The van der Waals surface area contributed by atoms with E-state index >= 15 is 0 Å². The fraction of sp³-hybridized carbons (Fsp3) is 0.379. The number of hydrogen-bond acceptors (Lipinski definition) is 8. The van der Waals surface area contributed by atoms with Crippen molar-refractivity contribution in [3.05, 3.63) is 86.6 Å². The number of ketones is 1. The molecule has 2 aliphatic heterocycles. The topological polar surface area (TPSA) is 138 Å². The molecular formula is C29H30N4O6S. The molecule has 3 heterocycles. The number of H-pyrrole nitrogens is 1. The minimum absolute atomic E-state index is 0.0741. The van der Waals surface area contributed by atoms with E-state index in [1.807, 2.05) is 6.07 Å². The third-order valence-electron chi connectivity index (χ3n) is 7.90. The van der Waals surface area contributed by atoms with Gasteiger partial charge in [-0.2, -0.15) is 0 Å². The summed E-state index contributed by atoms with van der Waals surface area (Å²) in [5, 5.41) is 27.3. The summed E-state index contributed by atoms with van der Waals surface area (Å²) in [5.41, 5.74) is -1.79. The molecule has 1 amide bonds. The highest BCUT2D eigenvalue weighted by Gasteiger charge is 2.73. The van der Waals surface area contributed by atoms with Crippen LogP contribution in [0.25, 0.3) is 0 Å². The second-order valence-electron chi connectivity index (χ2n) is 10.8. The van der Waals surface area contributed by atoms with Crippen LogP contribution in [0.4, 0.5) is 5.69 Å². The minimum Gasteiger partial charge on any atom is -0.454 e. The number of hydrogen-bond donors (Lipinski definition) is 3. The second kappa shape index (κ2) is 9.76. The van der Waals surface area contributed by atoms with E-state index in [-0.39, 0.29) is 28.1 Å². The first-order chi connectivity index (χ1) is 19.2. The lowest BCUT2D eigenvalue weighted by Crippen LogP contribution is -2.60. The molecule has 0 spiro atoms. The van der Waals surface area contributed by atoms with Crippen LogP contribution in [-0.2, 0) is 11.3 Å². The van der Waals surface area contributed by atoms with E-state index in [1.54, 1.807) is 31.2 Å². The number of nitro benzene ring substituents is 1. The highest BCUT2D eigenvalue weighted by Crippen LogP contribution is 2.59. The van der Waals surface area contributed by atoms with Gasteiger partial charge in [-0.3, -0.25) is 19.7 Å². The van der Waals surface area contributed by atoms with Gasteiger partial charge >= 0.3 is 0 Å². The Morgan fingerprint density at radius 3 is 2.58 bits per heavy atom. The minimum atomic E-state index is -2.50. The lowest BCUT2D eigenvalue weighted by Gasteiger charge is -2.34. The number of Topliss-reactive ketones (excluding diaryl/α,β-unsaturated/α-hetero) is 1. The number of carbonyl (C=O) groups is 2. The van der Waals surface area contributed by atoms with Crippen molar-refractivity contribution in [3.8, 4) is 5.75 Å². The molecule has 10 nitrogen and oxygen atoms in total. The van der Waals surface area contributed by atoms with E-state index < -0.39 is 33.6 Å². The lowest BCUT2D eigenvalue weighted by molar-refractivity contribution is -0.388. The number of amides is 1. The molecule has 2 aromatic carbocycles. The van der Waals surface area contributed by atoms with Crippen molar-refractivity contribution in [3.63, 3.8) is 0 Å². The summed E-state index contributed by atoms with van der Waals surface area (Å²) < 4.78 is 8.07. The SMILES string of the molecule is CC1CC1.Cc1cc(SN2CCCC2)[nH]c1C(=O)NC12C(=O)c3cccc([N+](=O)[O-])c3C1(O)Oc1ccccc12. The van der Waals surface area contributed by atoms with Crippen LogP contribution in [0.15, 0.2) is 53.6 Å². The van der Waals surface area contributed by atoms with Crippen LogP contribution in [0.5, 0.6) is 5.75 Å². The Morgan fingerprint density at radius 1 is 1.20 bits per heavy atom. The first kappa shape index (κ1) is 26.5. The van der Waals surface area contributed by atoms with Gasteiger partial charge in [0.15, 0.2) is 0 Å². The van der Waals surface area contributed by atoms with Gasteiger partial charge in [-0.1, -0.05) is 50.1 Å². The van der Waals surface area contributed by atoms with Crippen molar-refractivity contribution in [1.29, 1.82) is 0 Å². The van der Waals surface area contributed by atoms with E-state index in [9.17, 15) is 24.8 Å². The number of aromatic nitrogens is 1. The summed E-state index contributed by atoms with van der Waals surface area (Å²) in [4.78, 5) is 41.9. The van der Waals surface area contributed by atoms with Crippen LogP contribution in [0.3, 0.4) is 0 Å². The predicted octanol–water partition coefficient (Wildman–Crippen LogP) is 4.81. The van der Waals surface area contributed by atoms with Crippen LogP contribution >= 0.6 is 11.9 Å². The standard InChI is InChI=1S/C25H22N4O6S.C4H8/c1-14-13-19(36-28-11-4-5-12-28)26-21(14)23(31)27-24-16-8-2-3-10-18(16)35-25(24,32)20-15(22(24)30)7-6-9-17(20)29(33)34;1-4-2-3-4/h2-3,6-10,13,26,32H,4-5,11-12H2,1H3,(H,27,31);4H,2-3H2,1H3. The van der Waals surface area contributed by atoms with Crippen molar-refractivity contribution in [2.75, 3.05) is 13.1 Å². The van der Waals surface area contributed by atoms with Crippen LogP contribution in [0, 0.1) is 23.0 Å². The highest BCUT2D eigenvalue weighted by molar-refractivity contribution is 7.97. The molecule has 2 aliphatic carbocycles. The number of nitrogens with one attached hydrogen (secondary N) is 2. The van der Waals surface area contributed by atoms with Crippen molar-refractivity contribution in [2.24, 2.45) is 5.92 Å². The van der Waals surface area contributed by atoms with Gasteiger partial charge in [-0.25, -0.2) is 4.31 Å². The molecule has 3 N–H and O–H groups in total. The number of carbonyl (C=O) groups excluding carboxylic acids is 2. The van der Waals surface area contributed by atoms with Crippen molar-refractivity contribution >= 4 is 29.3 Å². The zero-order valence-corrected chi connectivity index (χ0v) is 23.0. The molecule has 7 rings (SSSR count). The van der Waals surface area contributed by atoms with Crippen LogP contribution < -0.4 is 10.1 Å². The van der Waals surface area contributed by atoms with E-state index in [1.165, 1.54) is 43.0 Å². The molecule has 2 unspecified atom stereocenters. The molecule has 1 saturated carbocycles. The van der Waals surface area contributed by atoms with Gasteiger partial charge in [0.05, 0.1) is 9.95 Å². The van der Waals surface area contributed by atoms with Crippen LogP contribution in [0.2, 0.25) is 0 Å². The average Bonchev–Trinajstić information content (AvgIpc) is 3.24. The largest absolute Gasteiger partial charge is 0.454 e. The van der Waals surface area contributed by atoms with Crippen molar-refractivity contribution < 1.29 is 24.4 Å². The number of aromatic amines is 1. The molecule has 2 fully saturated rings. The van der Waals surface area contributed by atoms with Crippen molar-refractivity contribution in [1.82, 2.24) is 14.6 Å². The number of ether oxygens (including phenoxy) is 1. The highest BCUT2D eigenvalue weighted by atomic mass is 32.2. The molecule has 208 valence electrons. The Hall–Kier alpha value is -3.67. The maximum atomic E-state index is 13.9. The maximum Gasteiger partial charge on any atom is 0.280 e. The zero-order chi connectivity index (χ0) is 28.2. The Bertz CT molecular complexity index is 1530. The number of nitro groups is 1. The van der Waals surface area contributed by atoms with Crippen LogP contribution in [0.1, 0.15) is 70.1 Å². The van der Waals surface area contributed by atoms with Gasteiger partial charge in [-0.15, -0.1) is 0 Å². The smallest absolute Gasteiger partial charge is 0.280 e.